The average Bonchev–Trinajstić information content (AvgIpc) is 2.60. The van der Waals surface area contributed by atoms with Crippen LogP contribution < -0.4 is 14.2 Å². The van der Waals surface area contributed by atoms with Gasteiger partial charge in [-0.05, 0) is 48.7 Å². The Kier molecular flexibility index (Phi) is 5.23. The molecule has 0 atom stereocenters. The van der Waals surface area contributed by atoms with Crippen LogP contribution in [0, 0.1) is 0 Å². The van der Waals surface area contributed by atoms with Crippen LogP contribution in [0.15, 0.2) is 42.5 Å². The molecule has 0 saturated heterocycles. The normalized spacial score (nSPS) is 14.0. The van der Waals surface area contributed by atoms with E-state index in [0.29, 0.717) is 24.7 Å². The largest absolute Gasteiger partial charge is 0.507 e. The number of ketones is 1. The Morgan fingerprint density at radius 1 is 1.08 bits per heavy atom. The summed E-state index contributed by atoms with van der Waals surface area (Å²) in [6, 6.07) is 10.1. The maximum absolute atomic E-state index is 12.3. The molecule has 3 rings (SSSR count). The van der Waals surface area contributed by atoms with Gasteiger partial charge in [0, 0.05) is 6.07 Å². The van der Waals surface area contributed by atoms with Crippen LogP contribution in [0.4, 0.5) is 0 Å². The van der Waals surface area contributed by atoms with E-state index in [4.69, 9.17) is 14.2 Å². The van der Waals surface area contributed by atoms with E-state index in [1.807, 2.05) is 18.2 Å². The standard InChI is InChI=1S/C20H20O5/c1-23-15-6-7-16(18(22)13-15)17(21)8-4-14-5-9-19-20(12-14)25-11-3-2-10-24-19/h4-9,12-13,22H,2-3,10-11H2,1H3. The van der Waals surface area contributed by atoms with E-state index in [9.17, 15) is 9.90 Å². The van der Waals surface area contributed by atoms with Gasteiger partial charge in [0.1, 0.15) is 11.5 Å². The second-order valence-corrected chi connectivity index (χ2v) is 5.69. The summed E-state index contributed by atoms with van der Waals surface area (Å²) in [5, 5.41) is 9.93. The van der Waals surface area contributed by atoms with Crippen LogP contribution in [0.1, 0.15) is 28.8 Å². The number of phenolic OH excluding ortho intramolecular Hbond substituents is 1. The molecule has 1 heterocycles. The van der Waals surface area contributed by atoms with Gasteiger partial charge >= 0.3 is 0 Å². The lowest BCUT2D eigenvalue weighted by molar-refractivity contribution is 0.104. The van der Waals surface area contributed by atoms with Crippen LogP contribution in [0.25, 0.3) is 6.08 Å². The van der Waals surface area contributed by atoms with Crippen molar-refractivity contribution in [1.82, 2.24) is 0 Å². The molecule has 1 N–H and O–H groups in total. The van der Waals surface area contributed by atoms with Crippen LogP contribution in [0.5, 0.6) is 23.0 Å². The highest BCUT2D eigenvalue weighted by Crippen LogP contribution is 2.31. The third-order valence-electron chi connectivity index (χ3n) is 3.92. The van der Waals surface area contributed by atoms with Crippen molar-refractivity contribution in [2.45, 2.75) is 12.8 Å². The second kappa shape index (κ2) is 7.75. The summed E-state index contributed by atoms with van der Waals surface area (Å²) in [7, 11) is 1.50. The molecule has 5 nitrogen and oxygen atoms in total. The molecular formula is C20H20O5. The first-order valence-electron chi connectivity index (χ1n) is 8.16. The van der Waals surface area contributed by atoms with Crippen LogP contribution in [0.3, 0.4) is 0 Å². The Bertz CT molecular complexity index is 795. The van der Waals surface area contributed by atoms with Crippen molar-refractivity contribution < 1.29 is 24.1 Å². The number of carbonyl (C=O) groups is 1. The van der Waals surface area contributed by atoms with E-state index in [1.54, 1.807) is 12.1 Å². The van der Waals surface area contributed by atoms with Gasteiger partial charge in [0.2, 0.25) is 0 Å². The zero-order chi connectivity index (χ0) is 17.6. The van der Waals surface area contributed by atoms with E-state index in [1.165, 1.54) is 25.3 Å². The number of allylic oxidation sites excluding steroid dienone is 1. The predicted molar refractivity (Wildman–Crippen MR) is 94.7 cm³/mol. The highest BCUT2D eigenvalue weighted by Gasteiger charge is 2.11. The minimum absolute atomic E-state index is 0.107. The van der Waals surface area contributed by atoms with Crippen molar-refractivity contribution in [3.8, 4) is 23.0 Å². The Balaban J connectivity index is 1.77. The molecule has 0 aliphatic carbocycles. The van der Waals surface area contributed by atoms with Crippen molar-refractivity contribution in [3.63, 3.8) is 0 Å². The summed E-state index contributed by atoms with van der Waals surface area (Å²) < 4.78 is 16.4. The maximum atomic E-state index is 12.3. The lowest BCUT2D eigenvalue weighted by Gasteiger charge is -2.16. The number of hydrogen-bond acceptors (Lipinski definition) is 5. The van der Waals surface area contributed by atoms with Crippen LogP contribution >= 0.6 is 0 Å². The Labute approximate surface area is 146 Å². The highest BCUT2D eigenvalue weighted by atomic mass is 16.5. The monoisotopic (exact) mass is 340 g/mol. The topological polar surface area (TPSA) is 65.0 Å². The number of ether oxygens (including phenoxy) is 3. The van der Waals surface area contributed by atoms with E-state index in [-0.39, 0.29) is 17.1 Å². The molecule has 0 amide bonds. The summed E-state index contributed by atoms with van der Waals surface area (Å²) >= 11 is 0. The van der Waals surface area contributed by atoms with E-state index in [2.05, 4.69) is 0 Å². The Morgan fingerprint density at radius 2 is 1.84 bits per heavy atom. The zero-order valence-corrected chi connectivity index (χ0v) is 14.0. The molecule has 0 fully saturated rings. The predicted octanol–water partition coefficient (Wildman–Crippen LogP) is 3.85. The summed E-state index contributed by atoms with van der Waals surface area (Å²) in [5.74, 6) is 1.50. The van der Waals surface area contributed by atoms with Crippen molar-refractivity contribution in [1.29, 1.82) is 0 Å². The zero-order valence-electron chi connectivity index (χ0n) is 14.0. The SMILES string of the molecule is COc1ccc(C(=O)C=Cc2ccc3c(c2)OCCCCO3)c(O)c1. The van der Waals surface area contributed by atoms with Gasteiger partial charge in [-0.3, -0.25) is 4.79 Å². The number of benzene rings is 2. The molecule has 1 aliphatic rings. The number of carbonyl (C=O) groups excluding carboxylic acids is 1. The molecule has 1 aliphatic heterocycles. The van der Waals surface area contributed by atoms with Crippen LogP contribution in [0.2, 0.25) is 0 Å². The maximum Gasteiger partial charge on any atom is 0.189 e. The van der Waals surface area contributed by atoms with Gasteiger partial charge in [-0.2, -0.15) is 0 Å². The Hall–Kier alpha value is -2.95. The minimum Gasteiger partial charge on any atom is -0.507 e. The molecule has 0 radical (unpaired) electrons. The van der Waals surface area contributed by atoms with E-state index < -0.39 is 0 Å². The first-order valence-corrected chi connectivity index (χ1v) is 8.16. The molecule has 2 aromatic rings. The molecule has 25 heavy (non-hydrogen) atoms. The summed E-state index contributed by atoms with van der Waals surface area (Å²) in [6.07, 6.45) is 5.04. The lowest BCUT2D eigenvalue weighted by atomic mass is 10.1. The second-order valence-electron chi connectivity index (χ2n) is 5.69. The number of phenols is 1. The van der Waals surface area contributed by atoms with Gasteiger partial charge in [0.25, 0.3) is 0 Å². The number of fused-ring (bicyclic) bond motifs is 1. The first kappa shape index (κ1) is 16.9. The fourth-order valence-electron chi connectivity index (χ4n) is 2.54. The number of rotatable bonds is 4. The minimum atomic E-state index is -0.288. The molecule has 0 saturated carbocycles. The Morgan fingerprint density at radius 3 is 2.56 bits per heavy atom. The number of methoxy groups -OCH3 is 1. The van der Waals surface area contributed by atoms with E-state index >= 15 is 0 Å². The quantitative estimate of drug-likeness (QED) is 0.676. The molecule has 130 valence electrons. The van der Waals surface area contributed by atoms with Crippen molar-refractivity contribution in [3.05, 3.63) is 53.6 Å². The third-order valence-corrected chi connectivity index (χ3v) is 3.92. The third kappa shape index (κ3) is 4.12. The molecular weight excluding hydrogens is 320 g/mol. The number of aromatic hydroxyl groups is 1. The van der Waals surface area contributed by atoms with Crippen molar-refractivity contribution in [2.24, 2.45) is 0 Å². The van der Waals surface area contributed by atoms with Crippen molar-refractivity contribution >= 4 is 11.9 Å². The van der Waals surface area contributed by atoms with Gasteiger partial charge in [-0.15, -0.1) is 0 Å². The number of hydrogen-bond donors (Lipinski definition) is 1. The first-order chi connectivity index (χ1) is 12.2. The molecule has 0 unspecified atom stereocenters. The van der Waals surface area contributed by atoms with Crippen LogP contribution in [-0.4, -0.2) is 31.2 Å². The van der Waals surface area contributed by atoms with Gasteiger partial charge in [0.05, 0.1) is 25.9 Å². The molecule has 5 heteroatoms. The summed E-state index contributed by atoms with van der Waals surface area (Å²) in [5.41, 5.74) is 1.05. The molecule has 0 bridgehead atoms. The van der Waals surface area contributed by atoms with Gasteiger partial charge in [-0.1, -0.05) is 12.1 Å². The highest BCUT2D eigenvalue weighted by molar-refractivity contribution is 6.08. The molecule has 2 aromatic carbocycles. The average molecular weight is 340 g/mol. The summed E-state index contributed by atoms with van der Waals surface area (Å²) in [6.45, 7) is 1.34. The van der Waals surface area contributed by atoms with Crippen molar-refractivity contribution in [2.75, 3.05) is 20.3 Å². The van der Waals surface area contributed by atoms with E-state index in [0.717, 1.165) is 24.2 Å². The summed E-state index contributed by atoms with van der Waals surface area (Å²) in [4.78, 5) is 12.3. The lowest BCUT2D eigenvalue weighted by Crippen LogP contribution is -2.08. The van der Waals surface area contributed by atoms with Crippen LogP contribution in [-0.2, 0) is 0 Å². The molecule has 0 spiro atoms. The smallest absolute Gasteiger partial charge is 0.189 e. The fourth-order valence-corrected chi connectivity index (χ4v) is 2.54. The van der Waals surface area contributed by atoms with Gasteiger partial charge in [0.15, 0.2) is 17.3 Å². The fraction of sp³-hybridized carbons (Fsp3) is 0.250. The molecule has 0 aromatic heterocycles. The van der Waals surface area contributed by atoms with Gasteiger partial charge < -0.3 is 19.3 Å². The van der Waals surface area contributed by atoms with Gasteiger partial charge in [-0.25, -0.2) is 0 Å².